The van der Waals surface area contributed by atoms with Crippen LogP contribution in [0.1, 0.15) is 35.5 Å². The van der Waals surface area contributed by atoms with E-state index in [9.17, 15) is 29.6 Å². The molecule has 2 aromatic rings. The van der Waals surface area contributed by atoms with Crippen LogP contribution in [0.2, 0.25) is 0 Å². The molecular weight excluding hydrogens is 422 g/mol. The summed E-state index contributed by atoms with van der Waals surface area (Å²) in [5.74, 6) is -2.48. The molecule has 168 valence electrons. The quantitative estimate of drug-likeness (QED) is 0.242. The number of rotatable bonds is 10. The first kappa shape index (κ1) is 22.7. The van der Waals surface area contributed by atoms with Gasteiger partial charge in [0.15, 0.2) is 0 Å². The number of urea groups is 1. The van der Waals surface area contributed by atoms with Crippen LogP contribution < -0.4 is 5.32 Å². The Labute approximate surface area is 182 Å². The highest BCUT2D eigenvalue weighted by molar-refractivity contribution is 6.07. The minimum absolute atomic E-state index is 0.00641. The fourth-order valence-electron chi connectivity index (χ4n) is 3.58. The second-order valence-corrected chi connectivity index (χ2v) is 7.17. The molecule has 0 saturated carbocycles. The molecule has 1 aliphatic rings. The third kappa shape index (κ3) is 5.03. The number of aliphatic carboxylic acids is 1. The van der Waals surface area contributed by atoms with Crippen LogP contribution in [0.5, 0.6) is 0 Å². The Hall–Kier alpha value is -3.93. The van der Waals surface area contributed by atoms with Gasteiger partial charge in [0.1, 0.15) is 5.92 Å². The summed E-state index contributed by atoms with van der Waals surface area (Å²) in [4.78, 5) is 52.2. The average Bonchev–Trinajstić information content (AvgIpc) is 3.29. The van der Waals surface area contributed by atoms with Gasteiger partial charge in [-0.1, -0.05) is 17.3 Å². The van der Waals surface area contributed by atoms with E-state index in [1.165, 1.54) is 42.3 Å². The molecule has 1 aromatic carbocycles. The first-order valence-electron chi connectivity index (χ1n) is 9.77. The van der Waals surface area contributed by atoms with E-state index < -0.39 is 28.9 Å². The van der Waals surface area contributed by atoms with Crippen molar-refractivity contribution in [3.05, 3.63) is 58.0 Å². The van der Waals surface area contributed by atoms with E-state index in [2.05, 4.69) is 15.5 Å². The zero-order chi connectivity index (χ0) is 23.3. The fourth-order valence-corrected chi connectivity index (χ4v) is 3.58. The molecule has 0 bridgehead atoms. The Bertz CT molecular complexity index is 1050. The number of aromatic nitrogens is 1. The minimum atomic E-state index is -1.18. The molecule has 12 nitrogen and oxygen atoms in total. The van der Waals surface area contributed by atoms with Gasteiger partial charge in [-0.25, -0.2) is 9.79 Å². The van der Waals surface area contributed by atoms with Crippen LogP contribution in [0.4, 0.5) is 10.5 Å². The highest BCUT2D eigenvalue weighted by atomic mass is 16.6. The second kappa shape index (κ2) is 9.92. The van der Waals surface area contributed by atoms with Gasteiger partial charge in [-0.15, -0.1) is 0 Å². The lowest BCUT2D eigenvalue weighted by Crippen LogP contribution is -2.47. The van der Waals surface area contributed by atoms with Crippen molar-refractivity contribution in [3.63, 3.8) is 0 Å². The van der Waals surface area contributed by atoms with Crippen LogP contribution in [0.15, 0.2) is 46.0 Å². The maximum absolute atomic E-state index is 12.6. The fraction of sp³-hybridized carbons (Fsp3) is 0.350. The number of amides is 2. The third-order valence-corrected chi connectivity index (χ3v) is 5.06. The van der Waals surface area contributed by atoms with Gasteiger partial charge < -0.3 is 19.8 Å². The number of hydrogen-bond donors (Lipinski definition) is 2. The maximum atomic E-state index is 12.6. The number of hydrogen-bond acceptors (Lipinski definition) is 8. The molecule has 0 saturated heterocycles. The predicted molar refractivity (Wildman–Crippen MR) is 110 cm³/mol. The van der Waals surface area contributed by atoms with E-state index in [4.69, 9.17) is 4.52 Å². The Kier molecular flexibility index (Phi) is 7.05. The van der Waals surface area contributed by atoms with E-state index in [0.29, 0.717) is 18.5 Å². The number of ketones is 1. The van der Waals surface area contributed by atoms with Crippen LogP contribution in [-0.2, 0) is 4.79 Å². The van der Waals surface area contributed by atoms with Crippen LogP contribution in [0.3, 0.4) is 0 Å². The zero-order valence-electron chi connectivity index (χ0n) is 17.1. The molecule has 2 amide bonds. The van der Waals surface area contributed by atoms with Gasteiger partial charge in [0.25, 0.3) is 5.69 Å². The predicted octanol–water partition coefficient (Wildman–Crippen LogP) is 2.08. The largest absolute Gasteiger partial charge is 0.481 e. The number of Topliss-reactive ketones (excluding diaryl/α,β-unsaturated/α-hetero) is 1. The minimum Gasteiger partial charge on any atom is -0.481 e. The van der Waals surface area contributed by atoms with E-state index in [-0.39, 0.29) is 36.0 Å². The number of nitrogens with zero attached hydrogens (tertiary/aromatic N) is 4. The zero-order valence-corrected chi connectivity index (χ0v) is 17.1. The molecule has 0 spiro atoms. The van der Waals surface area contributed by atoms with Crippen molar-refractivity contribution in [1.29, 1.82) is 0 Å². The van der Waals surface area contributed by atoms with Gasteiger partial charge in [-0.2, -0.15) is 0 Å². The molecule has 12 heteroatoms. The summed E-state index contributed by atoms with van der Waals surface area (Å²) < 4.78 is 4.78. The molecule has 2 heterocycles. The van der Waals surface area contributed by atoms with Gasteiger partial charge >= 0.3 is 12.0 Å². The Morgan fingerprint density at radius 2 is 2.12 bits per heavy atom. The molecule has 3 rings (SSSR count). The molecule has 0 aliphatic carbocycles. The van der Waals surface area contributed by atoms with Crippen LogP contribution in [0, 0.1) is 16.0 Å². The van der Waals surface area contributed by atoms with Crippen molar-refractivity contribution in [1.82, 2.24) is 15.4 Å². The number of nitro benzene ring substituents is 1. The highest BCUT2D eigenvalue weighted by Gasteiger charge is 2.42. The van der Waals surface area contributed by atoms with Crippen LogP contribution in [-0.4, -0.2) is 63.2 Å². The van der Waals surface area contributed by atoms with Crippen LogP contribution >= 0.6 is 0 Å². The summed E-state index contributed by atoms with van der Waals surface area (Å²) in [5, 5.41) is 27.4. The Balaban J connectivity index is 1.73. The van der Waals surface area contributed by atoms with Gasteiger partial charge in [0, 0.05) is 30.5 Å². The Morgan fingerprint density at radius 3 is 2.78 bits per heavy atom. The van der Waals surface area contributed by atoms with E-state index >= 15 is 0 Å². The monoisotopic (exact) mass is 443 g/mol. The molecule has 2 atom stereocenters. The number of nitro groups is 1. The molecule has 2 N–H and O–H groups in total. The van der Waals surface area contributed by atoms with E-state index in [0.717, 1.165) is 0 Å². The number of carboxylic acid groups (broad SMARTS) is 1. The molecular formula is C20H21N5O7. The smallest absolute Gasteiger partial charge is 0.344 e. The number of carboxylic acids is 1. The number of aliphatic imine (C=N–C) groups is 1. The number of carbonyl (C=O) groups excluding carboxylic acids is 2. The lowest BCUT2D eigenvalue weighted by Gasteiger charge is -2.37. The molecule has 0 radical (unpaired) electrons. The molecule has 2 unspecified atom stereocenters. The summed E-state index contributed by atoms with van der Waals surface area (Å²) in [7, 11) is 0. The van der Waals surface area contributed by atoms with Gasteiger partial charge in [0.2, 0.25) is 11.5 Å². The maximum Gasteiger partial charge on any atom is 0.344 e. The van der Waals surface area contributed by atoms with Crippen molar-refractivity contribution in [2.45, 2.75) is 19.4 Å². The molecule has 1 aromatic heterocycles. The standard InChI is InChI=1S/C20H21N5O7/c1-12-17(19(27)28)18(13-4-2-5-14(10-13)25(30)31)24(20(29)23-12)9-3-7-21-11-15(26)16-6-8-22-32-16/h2,4-6,8,10,17-18,21H,3,7,9,11H2,1H3,(H,27,28). The van der Waals surface area contributed by atoms with Gasteiger partial charge in [-0.3, -0.25) is 19.7 Å². The summed E-state index contributed by atoms with van der Waals surface area (Å²) in [6.45, 7) is 1.95. The van der Waals surface area contributed by atoms with Crippen LogP contribution in [0.25, 0.3) is 0 Å². The first-order valence-corrected chi connectivity index (χ1v) is 9.77. The SMILES string of the molecule is CC1=NC(=O)N(CCCNCC(=O)c2ccno2)C(c2cccc([N+](=O)[O-])c2)C1C(=O)O. The molecule has 1 aliphatic heterocycles. The number of non-ortho nitro benzene ring substituents is 1. The molecule has 0 fully saturated rings. The first-order chi connectivity index (χ1) is 15.3. The van der Waals surface area contributed by atoms with Gasteiger partial charge in [0.05, 0.1) is 23.7 Å². The van der Waals surface area contributed by atoms with E-state index in [1.54, 1.807) is 6.07 Å². The molecule has 32 heavy (non-hydrogen) atoms. The summed E-state index contributed by atoms with van der Waals surface area (Å²) in [5.41, 5.74) is 0.264. The number of nitrogens with one attached hydrogen (secondary N) is 1. The summed E-state index contributed by atoms with van der Waals surface area (Å²) in [6.07, 6.45) is 1.76. The number of carbonyl (C=O) groups is 3. The normalized spacial score (nSPS) is 18.3. The second-order valence-electron chi connectivity index (χ2n) is 7.17. The topological polar surface area (TPSA) is 168 Å². The van der Waals surface area contributed by atoms with Gasteiger partial charge in [-0.05, 0) is 25.5 Å². The number of benzene rings is 1. The summed E-state index contributed by atoms with van der Waals surface area (Å²) >= 11 is 0. The average molecular weight is 443 g/mol. The lowest BCUT2D eigenvalue weighted by atomic mass is 9.86. The third-order valence-electron chi connectivity index (χ3n) is 5.06. The van der Waals surface area contributed by atoms with Crippen molar-refractivity contribution in [2.75, 3.05) is 19.6 Å². The Morgan fingerprint density at radius 1 is 1.34 bits per heavy atom. The van der Waals surface area contributed by atoms with Crippen molar-refractivity contribution in [2.24, 2.45) is 10.9 Å². The van der Waals surface area contributed by atoms with Crippen molar-refractivity contribution < 1.29 is 28.9 Å². The van der Waals surface area contributed by atoms with Crippen molar-refractivity contribution >= 4 is 29.2 Å². The lowest BCUT2D eigenvalue weighted by molar-refractivity contribution is -0.385. The highest BCUT2D eigenvalue weighted by Crippen LogP contribution is 2.35. The van der Waals surface area contributed by atoms with E-state index in [1.807, 2.05) is 0 Å². The summed E-state index contributed by atoms with van der Waals surface area (Å²) in [6, 6.07) is 5.46. The van der Waals surface area contributed by atoms with Crippen molar-refractivity contribution in [3.8, 4) is 0 Å².